The van der Waals surface area contributed by atoms with Gasteiger partial charge in [0, 0.05) is 0 Å². The number of rotatable bonds is 5. The molecule has 94 valence electrons. The number of hydrogen-bond acceptors (Lipinski definition) is 3. The van der Waals surface area contributed by atoms with Crippen molar-refractivity contribution in [3.63, 3.8) is 0 Å². The van der Waals surface area contributed by atoms with Gasteiger partial charge in [-0.2, -0.15) is 0 Å². The first kappa shape index (κ1) is 13.1. The van der Waals surface area contributed by atoms with Gasteiger partial charge in [-0.05, 0) is 64.8 Å². The molecule has 0 spiro atoms. The second kappa shape index (κ2) is 6.57. The molecule has 0 amide bonds. The summed E-state index contributed by atoms with van der Waals surface area (Å²) in [5.41, 5.74) is 1.29. The molecule has 1 aromatic heterocycles. The lowest BCUT2D eigenvalue weighted by molar-refractivity contribution is 0.168. The zero-order valence-electron chi connectivity index (χ0n) is 10.0. The molecule has 17 heavy (non-hydrogen) atoms. The second-order valence-electron chi connectivity index (χ2n) is 4.17. The molecule has 0 radical (unpaired) electrons. The summed E-state index contributed by atoms with van der Waals surface area (Å²) >= 11 is 5.25. The second-order valence-corrected chi connectivity index (χ2v) is 6.46. The van der Waals surface area contributed by atoms with E-state index in [-0.39, 0.29) is 6.04 Å². The predicted molar refractivity (Wildman–Crippen MR) is 76.3 cm³/mol. The van der Waals surface area contributed by atoms with E-state index in [0.717, 1.165) is 38.2 Å². The first-order valence-electron chi connectivity index (χ1n) is 6.11. The summed E-state index contributed by atoms with van der Waals surface area (Å²) in [6.45, 7) is 4.05. The van der Waals surface area contributed by atoms with Gasteiger partial charge in [0.1, 0.15) is 5.76 Å². The van der Waals surface area contributed by atoms with Crippen molar-refractivity contribution in [1.29, 1.82) is 0 Å². The molecule has 0 aliphatic carbocycles. The normalized spacial score (nSPS) is 17.4. The zero-order valence-corrected chi connectivity index (χ0v) is 12.4. The number of ether oxygens (including phenoxy) is 1. The molecule has 4 heteroatoms. The van der Waals surface area contributed by atoms with Crippen LogP contribution in [-0.2, 0) is 4.74 Å². The topological polar surface area (TPSA) is 21.3 Å². The van der Waals surface area contributed by atoms with Crippen molar-refractivity contribution in [3.05, 3.63) is 32.6 Å². The summed E-state index contributed by atoms with van der Waals surface area (Å²) in [5, 5.41) is 5.75. The fourth-order valence-electron chi connectivity index (χ4n) is 1.92. The first-order valence-corrected chi connectivity index (χ1v) is 7.78. The predicted octanol–water partition coefficient (Wildman–Crippen LogP) is 4.25. The molecule has 2 heterocycles. The Labute approximate surface area is 115 Å². The molecule has 0 saturated heterocycles. The number of halogens is 1. The van der Waals surface area contributed by atoms with E-state index in [2.05, 4.69) is 45.7 Å². The van der Waals surface area contributed by atoms with Crippen LogP contribution in [0.3, 0.4) is 0 Å². The van der Waals surface area contributed by atoms with Gasteiger partial charge in [0.15, 0.2) is 0 Å². The van der Waals surface area contributed by atoms with Crippen LogP contribution in [0, 0.1) is 0 Å². The summed E-state index contributed by atoms with van der Waals surface area (Å²) in [6, 6.07) is 2.40. The van der Waals surface area contributed by atoms with Gasteiger partial charge in [-0.15, -0.1) is 11.3 Å². The standard InChI is InChI=1S/C13H18BrNOS/c1-2-6-15-13(10-8-12(14)17-9-10)11-5-3-4-7-16-11/h5,8-9,13,15H,2-4,6-7H2,1H3. The van der Waals surface area contributed by atoms with Crippen molar-refractivity contribution >= 4 is 27.3 Å². The summed E-state index contributed by atoms with van der Waals surface area (Å²) in [7, 11) is 0. The van der Waals surface area contributed by atoms with Crippen molar-refractivity contribution in [2.45, 2.75) is 32.2 Å². The average molecular weight is 316 g/mol. The van der Waals surface area contributed by atoms with Crippen LogP contribution in [0.15, 0.2) is 27.1 Å². The Hall–Kier alpha value is -0.320. The first-order chi connectivity index (χ1) is 8.31. The maximum atomic E-state index is 5.79. The van der Waals surface area contributed by atoms with Crippen LogP contribution in [0.4, 0.5) is 0 Å². The quantitative estimate of drug-likeness (QED) is 0.877. The van der Waals surface area contributed by atoms with Crippen LogP contribution < -0.4 is 5.32 Å². The molecule has 1 aliphatic rings. The van der Waals surface area contributed by atoms with E-state index in [4.69, 9.17) is 4.74 Å². The molecular weight excluding hydrogens is 298 g/mol. The van der Waals surface area contributed by atoms with E-state index in [9.17, 15) is 0 Å². The molecule has 1 aromatic rings. The van der Waals surface area contributed by atoms with Gasteiger partial charge in [0.25, 0.3) is 0 Å². The smallest absolute Gasteiger partial charge is 0.113 e. The summed E-state index contributed by atoms with van der Waals surface area (Å²) in [6.07, 6.45) is 5.62. The van der Waals surface area contributed by atoms with Crippen LogP contribution in [-0.4, -0.2) is 13.2 Å². The minimum Gasteiger partial charge on any atom is -0.496 e. The SMILES string of the molecule is CCCNC(C1=CCCCO1)c1csc(Br)c1. The summed E-state index contributed by atoms with van der Waals surface area (Å²) in [5.74, 6) is 1.09. The summed E-state index contributed by atoms with van der Waals surface area (Å²) < 4.78 is 6.96. The highest BCUT2D eigenvalue weighted by Crippen LogP contribution is 2.31. The van der Waals surface area contributed by atoms with Crippen LogP contribution in [0.2, 0.25) is 0 Å². The Morgan fingerprint density at radius 1 is 1.59 bits per heavy atom. The Morgan fingerprint density at radius 3 is 3.06 bits per heavy atom. The van der Waals surface area contributed by atoms with Crippen LogP contribution in [0.5, 0.6) is 0 Å². The lowest BCUT2D eigenvalue weighted by atomic mass is 10.1. The molecular formula is C13H18BrNOS. The van der Waals surface area contributed by atoms with Crippen molar-refractivity contribution < 1.29 is 4.74 Å². The van der Waals surface area contributed by atoms with Gasteiger partial charge in [-0.3, -0.25) is 0 Å². The van der Waals surface area contributed by atoms with E-state index >= 15 is 0 Å². The number of hydrogen-bond donors (Lipinski definition) is 1. The molecule has 2 nitrogen and oxygen atoms in total. The Morgan fingerprint density at radius 2 is 2.47 bits per heavy atom. The lowest BCUT2D eigenvalue weighted by Crippen LogP contribution is -2.25. The minimum absolute atomic E-state index is 0.220. The lowest BCUT2D eigenvalue weighted by Gasteiger charge is -2.24. The third-order valence-electron chi connectivity index (χ3n) is 2.77. The van der Waals surface area contributed by atoms with Gasteiger partial charge in [0.2, 0.25) is 0 Å². The molecule has 0 saturated carbocycles. The van der Waals surface area contributed by atoms with Crippen molar-refractivity contribution in [2.75, 3.05) is 13.2 Å². The largest absolute Gasteiger partial charge is 0.496 e. The van der Waals surface area contributed by atoms with Crippen molar-refractivity contribution in [2.24, 2.45) is 0 Å². The highest BCUT2D eigenvalue weighted by molar-refractivity contribution is 9.11. The molecule has 0 fully saturated rings. The molecule has 2 rings (SSSR count). The Kier molecular flexibility index (Phi) is 5.07. The summed E-state index contributed by atoms with van der Waals surface area (Å²) in [4.78, 5) is 0. The monoisotopic (exact) mass is 315 g/mol. The van der Waals surface area contributed by atoms with E-state index < -0.39 is 0 Å². The molecule has 0 bridgehead atoms. The van der Waals surface area contributed by atoms with E-state index in [1.807, 2.05) is 0 Å². The maximum Gasteiger partial charge on any atom is 0.113 e. The highest BCUT2D eigenvalue weighted by atomic mass is 79.9. The van der Waals surface area contributed by atoms with Gasteiger partial charge in [-0.1, -0.05) is 6.92 Å². The average Bonchev–Trinajstić information content (AvgIpc) is 2.78. The van der Waals surface area contributed by atoms with Crippen LogP contribution in [0.1, 0.15) is 37.8 Å². The van der Waals surface area contributed by atoms with Gasteiger partial charge in [0.05, 0.1) is 16.4 Å². The molecule has 1 atom stereocenters. The van der Waals surface area contributed by atoms with Crippen molar-refractivity contribution in [3.8, 4) is 0 Å². The van der Waals surface area contributed by atoms with E-state index in [1.54, 1.807) is 11.3 Å². The van der Waals surface area contributed by atoms with Crippen molar-refractivity contribution in [1.82, 2.24) is 5.32 Å². The Balaban J connectivity index is 2.15. The maximum absolute atomic E-state index is 5.79. The molecule has 0 aromatic carbocycles. The van der Waals surface area contributed by atoms with Crippen LogP contribution >= 0.6 is 27.3 Å². The number of nitrogens with one attached hydrogen (secondary N) is 1. The fraction of sp³-hybridized carbons (Fsp3) is 0.538. The third-order valence-corrected chi connectivity index (χ3v) is 4.29. The highest BCUT2D eigenvalue weighted by Gasteiger charge is 2.20. The van der Waals surface area contributed by atoms with E-state index in [1.165, 1.54) is 9.35 Å². The molecule has 1 unspecified atom stereocenters. The molecule has 1 N–H and O–H groups in total. The molecule has 1 aliphatic heterocycles. The number of allylic oxidation sites excluding steroid dienone is 1. The fourth-order valence-corrected chi connectivity index (χ4v) is 3.13. The Bertz CT molecular complexity index is 389. The van der Waals surface area contributed by atoms with E-state index in [0.29, 0.717) is 0 Å². The van der Waals surface area contributed by atoms with Gasteiger partial charge in [-0.25, -0.2) is 0 Å². The third kappa shape index (κ3) is 3.57. The van der Waals surface area contributed by atoms with Crippen LogP contribution in [0.25, 0.3) is 0 Å². The van der Waals surface area contributed by atoms with Gasteiger partial charge < -0.3 is 10.1 Å². The number of thiophene rings is 1. The zero-order chi connectivity index (χ0) is 12.1. The van der Waals surface area contributed by atoms with Gasteiger partial charge >= 0.3 is 0 Å². The minimum atomic E-state index is 0.220.